The minimum atomic E-state index is -0.0918. The van der Waals surface area contributed by atoms with Gasteiger partial charge in [-0.1, -0.05) is 18.2 Å². The zero-order valence-corrected chi connectivity index (χ0v) is 18.5. The monoisotopic (exact) mass is 446 g/mol. The van der Waals surface area contributed by atoms with E-state index in [1.165, 1.54) is 0 Å². The number of methoxy groups -OCH3 is 1. The number of anilines is 1. The molecule has 1 amide bonds. The number of hydrogen-bond acceptors (Lipinski definition) is 6. The molecule has 170 valence electrons. The third kappa shape index (κ3) is 4.40. The number of rotatable bonds is 5. The molecular formula is C25H26N4O4. The summed E-state index contributed by atoms with van der Waals surface area (Å²) in [4.78, 5) is 32.5. The number of nitrogens with one attached hydrogen (secondary N) is 1. The minimum Gasteiger partial charge on any atom is -0.496 e. The van der Waals surface area contributed by atoms with Crippen molar-refractivity contribution < 1.29 is 14.3 Å². The van der Waals surface area contributed by atoms with Crippen LogP contribution in [0.3, 0.4) is 0 Å². The summed E-state index contributed by atoms with van der Waals surface area (Å²) >= 11 is 0. The lowest BCUT2D eigenvalue weighted by atomic mass is 10.1. The summed E-state index contributed by atoms with van der Waals surface area (Å²) in [6.07, 6.45) is 2.75. The lowest BCUT2D eigenvalue weighted by Gasteiger charge is -2.25. The van der Waals surface area contributed by atoms with Crippen molar-refractivity contribution in [3.8, 4) is 5.75 Å². The molecule has 33 heavy (non-hydrogen) atoms. The zero-order chi connectivity index (χ0) is 22.8. The molecule has 0 unspecified atom stereocenters. The van der Waals surface area contributed by atoms with Crippen molar-refractivity contribution in [2.45, 2.75) is 13.0 Å². The van der Waals surface area contributed by atoms with Crippen LogP contribution in [-0.2, 0) is 16.1 Å². The number of allylic oxidation sites excluding steroid dienone is 1. The van der Waals surface area contributed by atoms with E-state index in [0.717, 1.165) is 36.4 Å². The second-order valence-electron chi connectivity index (χ2n) is 8.22. The molecule has 2 aromatic carbocycles. The van der Waals surface area contributed by atoms with Gasteiger partial charge in [0.1, 0.15) is 11.6 Å². The molecule has 5 rings (SSSR count). The number of benzene rings is 2. The highest BCUT2D eigenvalue weighted by Crippen LogP contribution is 2.30. The second-order valence-corrected chi connectivity index (χ2v) is 8.22. The molecule has 1 aromatic heterocycles. The van der Waals surface area contributed by atoms with E-state index in [9.17, 15) is 9.59 Å². The summed E-state index contributed by atoms with van der Waals surface area (Å²) in [6.45, 7) is 3.69. The van der Waals surface area contributed by atoms with Gasteiger partial charge in [-0.15, -0.1) is 0 Å². The largest absolute Gasteiger partial charge is 0.496 e. The molecule has 8 heteroatoms. The van der Waals surface area contributed by atoms with Gasteiger partial charge in [0.15, 0.2) is 0 Å². The Morgan fingerprint density at radius 1 is 1.18 bits per heavy atom. The first kappa shape index (κ1) is 21.4. The van der Waals surface area contributed by atoms with Crippen molar-refractivity contribution in [3.05, 3.63) is 64.2 Å². The molecule has 0 bridgehead atoms. The van der Waals surface area contributed by atoms with Crippen LogP contribution < -0.4 is 15.6 Å². The summed E-state index contributed by atoms with van der Waals surface area (Å²) in [7, 11) is 1.64. The van der Waals surface area contributed by atoms with Gasteiger partial charge >= 0.3 is 0 Å². The van der Waals surface area contributed by atoms with Gasteiger partial charge in [0, 0.05) is 30.9 Å². The maximum Gasteiger partial charge on any atom is 0.261 e. The smallest absolute Gasteiger partial charge is 0.261 e. The van der Waals surface area contributed by atoms with Crippen LogP contribution in [0.4, 0.5) is 5.69 Å². The number of ether oxygens (including phenoxy) is 2. The lowest BCUT2D eigenvalue weighted by Crippen LogP contribution is -2.41. The first-order valence-electron chi connectivity index (χ1n) is 11.1. The molecule has 0 aliphatic carbocycles. The zero-order valence-electron chi connectivity index (χ0n) is 18.5. The van der Waals surface area contributed by atoms with Crippen LogP contribution in [0.15, 0.2) is 47.3 Å². The van der Waals surface area contributed by atoms with E-state index in [1.54, 1.807) is 29.9 Å². The summed E-state index contributed by atoms with van der Waals surface area (Å²) < 4.78 is 12.5. The summed E-state index contributed by atoms with van der Waals surface area (Å²) in [5.41, 5.74) is 3.07. The molecule has 0 radical (unpaired) electrons. The molecule has 3 aromatic rings. The fourth-order valence-corrected chi connectivity index (χ4v) is 4.37. The van der Waals surface area contributed by atoms with E-state index in [2.05, 4.69) is 10.2 Å². The van der Waals surface area contributed by atoms with Crippen molar-refractivity contribution in [2.75, 3.05) is 45.3 Å². The average Bonchev–Trinajstić information content (AvgIpc) is 3.22. The number of para-hydroxylation sites is 1. The maximum atomic E-state index is 13.1. The molecule has 0 spiro atoms. The van der Waals surface area contributed by atoms with Crippen LogP contribution in [-0.4, -0.2) is 60.3 Å². The number of carbonyl (C=O) groups excluding carboxylic acids is 1. The van der Waals surface area contributed by atoms with E-state index in [0.29, 0.717) is 48.7 Å². The van der Waals surface area contributed by atoms with Gasteiger partial charge in [0.2, 0.25) is 5.91 Å². The average molecular weight is 447 g/mol. The van der Waals surface area contributed by atoms with E-state index in [-0.39, 0.29) is 11.5 Å². The SMILES string of the molecule is COc1ccccc1C=C1CCn2c1nc1cc(NC(=O)CN3CCOCC3)ccc1c2=O. The minimum absolute atomic E-state index is 0.0652. The number of nitrogens with zero attached hydrogens (tertiary/aromatic N) is 3. The molecule has 3 heterocycles. The Bertz CT molecular complexity index is 1290. The topological polar surface area (TPSA) is 85.7 Å². The normalized spacial score (nSPS) is 17.3. The van der Waals surface area contributed by atoms with E-state index >= 15 is 0 Å². The van der Waals surface area contributed by atoms with Gasteiger partial charge < -0.3 is 14.8 Å². The molecule has 0 saturated carbocycles. The van der Waals surface area contributed by atoms with Crippen molar-refractivity contribution in [1.29, 1.82) is 0 Å². The summed E-state index contributed by atoms with van der Waals surface area (Å²) in [5.74, 6) is 1.35. The van der Waals surface area contributed by atoms with E-state index < -0.39 is 0 Å². The third-order valence-corrected chi connectivity index (χ3v) is 6.07. The predicted octanol–water partition coefficient (Wildman–Crippen LogP) is 2.62. The molecule has 2 aliphatic rings. The van der Waals surface area contributed by atoms with Gasteiger partial charge in [0.25, 0.3) is 5.56 Å². The fraction of sp³-hybridized carbons (Fsp3) is 0.320. The number of aromatic nitrogens is 2. The fourth-order valence-electron chi connectivity index (χ4n) is 4.37. The summed E-state index contributed by atoms with van der Waals surface area (Å²) in [5, 5.41) is 3.48. The first-order valence-corrected chi connectivity index (χ1v) is 11.1. The molecule has 8 nitrogen and oxygen atoms in total. The van der Waals surface area contributed by atoms with Crippen molar-refractivity contribution in [3.63, 3.8) is 0 Å². The van der Waals surface area contributed by atoms with Crippen LogP contribution in [0.2, 0.25) is 0 Å². The van der Waals surface area contributed by atoms with E-state index in [4.69, 9.17) is 14.5 Å². The van der Waals surface area contributed by atoms with Crippen LogP contribution >= 0.6 is 0 Å². The quantitative estimate of drug-likeness (QED) is 0.649. The Morgan fingerprint density at radius 3 is 2.82 bits per heavy atom. The number of fused-ring (bicyclic) bond motifs is 2. The Hall–Kier alpha value is -3.49. The van der Waals surface area contributed by atoms with Gasteiger partial charge in [-0.25, -0.2) is 4.98 Å². The highest BCUT2D eigenvalue weighted by molar-refractivity contribution is 5.95. The van der Waals surface area contributed by atoms with Crippen LogP contribution in [0.5, 0.6) is 5.75 Å². The predicted molar refractivity (Wildman–Crippen MR) is 127 cm³/mol. The molecule has 1 saturated heterocycles. The van der Waals surface area contributed by atoms with Crippen LogP contribution in [0, 0.1) is 0 Å². The molecule has 1 fully saturated rings. The van der Waals surface area contributed by atoms with Crippen molar-refractivity contribution >= 4 is 34.1 Å². The molecule has 2 aliphatic heterocycles. The Labute approximate surface area is 191 Å². The van der Waals surface area contributed by atoms with Crippen LogP contribution in [0.1, 0.15) is 17.8 Å². The molecular weight excluding hydrogens is 420 g/mol. The Kier molecular flexibility index (Phi) is 5.93. The van der Waals surface area contributed by atoms with Crippen molar-refractivity contribution in [2.24, 2.45) is 0 Å². The summed E-state index contributed by atoms with van der Waals surface area (Å²) in [6, 6.07) is 13.0. The van der Waals surface area contributed by atoms with Gasteiger partial charge in [-0.2, -0.15) is 0 Å². The highest BCUT2D eigenvalue weighted by Gasteiger charge is 2.22. The second kappa shape index (κ2) is 9.17. The number of carbonyl (C=O) groups is 1. The van der Waals surface area contributed by atoms with E-state index in [1.807, 2.05) is 30.3 Å². The molecule has 1 N–H and O–H groups in total. The highest BCUT2D eigenvalue weighted by atomic mass is 16.5. The third-order valence-electron chi connectivity index (χ3n) is 6.07. The van der Waals surface area contributed by atoms with Gasteiger partial charge in [-0.05, 0) is 42.3 Å². The van der Waals surface area contributed by atoms with Gasteiger partial charge in [0.05, 0.1) is 37.8 Å². The van der Waals surface area contributed by atoms with Crippen molar-refractivity contribution in [1.82, 2.24) is 14.5 Å². The van der Waals surface area contributed by atoms with Crippen LogP contribution in [0.25, 0.3) is 22.6 Å². The standard InChI is InChI=1S/C25H26N4O4/c1-32-22-5-3-2-4-17(22)14-18-8-9-29-24(18)27-21-15-19(6-7-20(21)25(29)31)26-23(30)16-28-10-12-33-13-11-28/h2-7,14-15H,8-13,16H2,1H3,(H,26,30). The maximum absolute atomic E-state index is 13.1. The number of amides is 1. The Morgan fingerprint density at radius 2 is 2.00 bits per heavy atom. The lowest BCUT2D eigenvalue weighted by molar-refractivity contribution is -0.118. The first-order chi connectivity index (χ1) is 16.1. The van der Waals surface area contributed by atoms with Gasteiger partial charge in [-0.3, -0.25) is 19.1 Å². The Balaban J connectivity index is 1.44. The number of morpholine rings is 1. The molecule has 0 atom stereocenters. The number of hydrogen-bond donors (Lipinski definition) is 1.